The van der Waals surface area contributed by atoms with Crippen molar-refractivity contribution >= 4 is 33.6 Å². The number of aliphatic hydroxyl groups excluding tert-OH is 2. The number of carbonyl (C=O) groups is 3. The minimum atomic E-state index is -4.94. The van der Waals surface area contributed by atoms with Gasteiger partial charge in [-0.1, -0.05) is 384 Å². The predicted octanol–water partition coefficient (Wildman–Crippen LogP) is 28.9. The molecule has 5 atom stereocenters. The highest BCUT2D eigenvalue weighted by Gasteiger charge is 2.29. The van der Waals surface area contributed by atoms with Crippen LogP contribution in [0.1, 0.15) is 393 Å². The van der Waals surface area contributed by atoms with Crippen molar-refractivity contribution in [2.45, 2.75) is 411 Å². The van der Waals surface area contributed by atoms with Crippen LogP contribution in [0.2, 0.25) is 0 Å². The number of rotatable bonds is 88. The van der Waals surface area contributed by atoms with Gasteiger partial charge in [-0.2, -0.15) is 0 Å². The zero-order chi connectivity index (χ0) is 85.1. The fraction of sp³-hybridized carbons (Fsp3) is 0.707. The van der Waals surface area contributed by atoms with Crippen molar-refractivity contribution in [2.24, 2.45) is 0 Å². The third-order valence-corrected chi connectivity index (χ3v) is 21.6. The number of hydrogen-bond acceptors (Lipinski definition) is 14. The first-order valence-corrected chi connectivity index (χ1v) is 49.8. The Hall–Kier alpha value is -4.83. The average Bonchev–Trinajstić information content (AvgIpc) is 0.900. The third kappa shape index (κ3) is 91.7. The molecule has 0 saturated heterocycles. The Bertz CT molecular complexity index is 2760. The van der Waals surface area contributed by atoms with Crippen LogP contribution in [0, 0.1) is 0 Å². The molecule has 16 nitrogen and oxygen atoms in total. The van der Waals surface area contributed by atoms with Crippen molar-refractivity contribution in [3.63, 3.8) is 0 Å². The van der Waals surface area contributed by atoms with Crippen molar-refractivity contribution in [1.29, 1.82) is 0 Å². The van der Waals surface area contributed by atoms with Gasteiger partial charge in [0, 0.05) is 19.3 Å². The normalized spacial score (nSPS) is 14.5. The number of aliphatic hydroxyl groups is 2. The summed E-state index contributed by atoms with van der Waals surface area (Å²) < 4.78 is 61.5. The van der Waals surface area contributed by atoms with Gasteiger partial charge in [0.25, 0.3) is 0 Å². The van der Waals surface area contributed by atoms with E-state index in [2.05, 4.69) is 179 Å². The molecule has 0 aromatic heterocycles. The highest BCUT2D eigenvalue weighted by Crippen LogP contribution is 2.45. The van der Waals surface area contributed by atoms with Crippen LogP contribution in [-0.2, 0) is 55.8 Å². The summed E-state index contributed by atoms with van der Waals surface area (Å²) in [7, 11) is -9.81. The molecule has 0 aliphatic rings. The Morgan fingerprint density at radius 1 is 0.248 bits per heavy atom. The first-order chi connectivity index (χ1) is 57.2. The second kappa shape index (κ2) is 90.4. The molecule has 0 aromatic rings. The van der Waals surface area contributed by atoms with E-state index in [-0.39, 0.29) is 19.3 Å². The predicted molar refractivity (Wildman–Crippen MR) is 491 cm³/mol. The molecule has 0 spiro atoms. The lowest BCUT2D eigenvalue weighted by atomic mass is 10.0. The summed E-state index contributed by atoms with van der Waals surface area (Å²) in [6.07, 6.45) is 116. The summed E-state index contributed by atoms with van der Waals surface area (Å²) in [6, 6.07) is 0. The number of ether oxygens (including phenoxy) is 3. The van der Waals surface area contributed by atoms with Gasteiger partial charge >= 0.3 is 33.6 Å². The standard InChI is InChI=1S/C99H170O16P2/c1-4-7-10-13-16-19-22-25-28-31-33-35-37-39-41-43-45-46-48-50-51-53-55-57-59-62-64-67-70-73-76-79-82-85-97(102)109-88-94(100)89-111-116(105,106)112-90-95(101)91-113-117(107,108)114-93-96(115-99(104)87-84-81-78-75-72-69-66-61-30-27-24-21-18-15-12-9-6-3)92-110-98(103)86-83-80-77-74-71-68-65-63-60-58-56-54-52-49-47-44-42-40-38-36-34-32-29-26-23-20-17-14-11-8-5-2/h7,9-10,12,16-21,25-30,33-36,39-42,45-46,94-96,100-101H,4-6,8,11,13-15,22-24,31-32,37-38,43-44,47-93H2,1-3H3,(H,105,106)(H,107,108)/b10-7-,12-9-,19-16-,20-17-,21-18-,28-25-,29-26-,30-27-,35-33-,36-34-,41-39-,42-40-,46-45-. The first-order valence-electron chi connectivity index (χ1n) is 46.8. The Morgan fingerprint density at radius 3 is 0.718 bits per heavy atom. The highest BCUT2D eigenvalue weighted by molar-refractivity contribution is 7.47. The molecule has 0 heterocycles. The second-order valence-electron chi connectivity index (χ2n) is 31.0. The number of carbonyl (C=O) groups excluding carboxylic acids is 3. The molecule has 0 radical (unpaired) electrons. The molecule has 0 bridgehead atoms. The number of allylic oxidation sites excluding steroid dienone is 26. The SMILES string of the molecule is CC/C=C\C/C=C\C/C=C\C/C=C\C/C=C\C/C=C\CCCCCCCCCCCCCCCCC(=O)OCC(O)COP(=O)(O)OCC(O)COP(=O)(O)OCC(COC(=O)CCCCCCCCCCCCCCCCC/C=C\C/C=C\C/C=C\C/C=C\CCCCC)OC(=O)CCCCCCCCC/C=C\C/C=C\C/C=C\CC. The Labute approximate surface area is 714 Å². The molecule has 0 rings (SSSR count). The van der Waals surface area contributed by atoms with Gasteiger partial charge in [0.05, 0.1) is 26.4 Å². The van der Waals surface area contributed by atoms with Crippen LogP contribution in [0.4, 0.5) is 0 Å². The molecule has 117 heavy (non-hydrogen) atoms. The number of unbranched alkanes of at least 4 members (excludes halogenated alkanes) is 39. The van der Waals surface area contributed by atoms with Crippen molar-refractivity contribution in [2.75, 3.05) is 39.6 Å². The van der Waals surface area contributed by atoms with E-state index >= 15 is 0 Å². The van der Waals surface area contributed by atoms with E-state index in [9.17, 15) is 43.5 Å². The van der Waals surface area contributed by atoms with E-state index in [1.807, 2.05) is 0 Å². The molecule has 18 heteroatoms. The lowest BCUT2D eigenvalue weighted by molar-refractivity contribution is -0.161. The van der Waals surface area contributed by atoms with E-state index in [0.717, 1.165) is 167 Å². The molecule has 0 aliphatic heterocycles. The summed E-state index contributed by atoms with van der Waals surface area (Å²) in [5, 5.41) is 20.7. The van der Waals surface area contributed by atoms with Crippen molar-refractivity contribution in [3.05, 3.63) is 158 Å². The van der Waals surface area contributed by atoms with E-state index in [0.29, 0.717) is 19.3 Å². The van der Waals surface area contributed by atoms with Crippen molar-refractivity contribution < 1.29 is 75.8 Å². The summed E-state index contributed by atoms with van der Waals surface area (Å²) in [6.45, 7) is 2.47. The molecule has 5 unspecified atom stereocenters. The molecule has 4 N–H and O–H groups in total. The van der Waals surface area contributed by atoms with Crippen molar-refractivity contribution in [1.82, 2.24) is 0 Å². The van der Waals surface area contributed by atoms with Crippen LogP contribution >= 0.6 is 15.6 Å². The molecule has 672 valence electrons. The second-order valence-corrected chi connectivity index (χ2v) is 34.0. The van der Waals surface area contributed by atoms with Crippen LogP contribution in [0.5, 0.6) is 0 Å². The Morgan fingerprint density at radius 2 is 0.453 bits per heavy atom. The fourth-order valence-corrected chi connectivity index (χ4v) is 14.3. The van der Waals surface area contributed by atoms with Crippen LogP contribution < -0.4 is 0 Å². The van der Waals surface area contributed by atoms with Crippen molar-refractivity contribution in [3.8, 4) is 0 Å². The van der Waals surface area contributed by atoms with Crippen LogP contribution in [0.3, 0.4) is 0 Å². The maximum atomic E-state index is 13.0. The number of esters is 3. The summed E-state index contributed by atoms with van der Waals surface area (Å²) in [4.78, 5) is 59.0. The monoisotopic (exact) mass is 1680 g/mol. The van der Waals surface area contributed by atoms with Crippen LogP contribution in [0.25, 0.3) is 0 Å². The van der Waals surface area contributed by atoms with Crippen LogP contribution in [-0.4, -0.2) is 95.9 Å². The smallest absolute Gasteiger partial charge is 0.463 e. The molecule has 0 aliphatic carbocycles. The molecule has 0 fully saturated rings. The topological polar surface area (TPSA) is 231 Å². The van der Waals surface area contributed by atoms with Gasteiger partial charge in [-0.15, -0.1) is 0 Å². The summed E-state index contributed by atoms with van der Waals surface area (Å²) >= 11 is 0. The fourth-order valence-electron chi connectivity index (χ4n) is 12.7. The average molecular weight is 1680 g/mol. The minimum Gasteiger partial charge on any atom is -0.463 e. The molecule has 0 aromatic carbocycles. The zero-order valence-electron chi connectivity index (χ0n) is 74.1. The van der Waals surface area contributed by atoms with Crippen LogP contribution in [0.15, 0.2) is 158 Å². The quantitative estimate of drug-likeness (QED) is 0.0146. The molecular formula is C99H170O16P2. The third-order valence-electron chi connectivity index (χ3n) is 19.7. The number of phosphoric acid groups is 2. The van der Waals surface area contributed by atoms with E-state index in [1.54, 1.807) is 0 Å². The maximum absolute atomic E-state index is 13.0. The summed E-state index contributed by atoms with van der Waals surface area (Å²) in [5.41, 5.74) is 0. The van der Waals surface area contributed by atoms with Gasteiger partial charge in [0.1, 0.15) is 25.4 Å². The van der Waals surface area contributed by atoms with Gasteiger partial charge < -0.3 is 34.2 Å². The van der Waals surface area contributed by atoms with Gasteiger partial charge in [0.15, 0.2) is 6.10 Å². The Balaban J connectivity index is 4.49. The lowest BCUT2D eigenvalue weighted by Crippen LogP contribution is -2.30. The van der Waals surface area contributed by atoms with E-state index < -0.39 is 91.5 Å². The molecule has 0 amide bonds. The number of hydrogen-bond donors (Lipinski definition) is 4. The minimum absolute atomic E-state index is 0.0918. The van der Waals surface area contributed by atoms with Gasteiger partial charge in [-0.05, 0) is 148 Å². The largest absolute Gasteiger partial charge is 0.472 e. The highest BCUT2D eigenvalue weighted by atomic mass is 31.2. The maximum Gasteiger partial charge on any atom is 0.472 e. The Kier molecular flexibility index (Phi) is 86.7. The van der Waals surface area contributed by atoms with Gasteiger partial charge in [-0.25, -0.2) is 9.13 Å². The van der Waals surface area contributed by atoms with Gasteiger partial charge in [-0.3, -0.25) is 32.5 Å². The van der Waals surface area contributed by atoms with E-state index in [1.165, 1.54) is 167 Å². The first kappa shape index (κ1) is 112. The molecule has 0 saturated carbocycles. The van der Waals surface area contributed by atoms with Gasteiger partial charge in [0.2, 0.25) is 0 Å². The molecular weight excluding hydrogens is 1510 g/mol. The number of phosphoric ester groups is 2. The zero-order valence-corrected chi connectivity index (χ0v) is 75.9. The van der Waals surface area contributed by atoms with E-state index in [4.69, 9.17) is 32.3 Å². The lowest BCUT2D eigenvalue weighted by Gasteiger charge is -2.21. The summed E-state index contributed by atoms with van der Waals surface area (Å²) in [5.74, 6) is -1.58.